The second-order valence-electron chi connectivity index (χ2n) is 9.74. The smallest absolute Gasteiger partial charge is 0.308 e. The minimum atomic E-state index is -0.676. The van der Waals surface area contributed by atoms with Gasteiger partial charge in [0.15, 0.2) is 5.79 Å². The fraction of sp³-hybridized carbons (Fsp3) is 0.905. The van der Waals surface area contributed by atoms with Crippen molar-refractivity contribution in [1.82, 2.24) is 0 Å². The highest BCUT2D eigenvalue weighted by Crippen LogP contribution is 2.63. The van der Waals surface area contributed by atoms with Crippen LogP contribution in [0.4, 0.5) is 0 Å². The number of methoxy groups -OCH3 is 1. The molecule has 0 aromatic rings. The summed E-state index contributed by atoms with van der Waals surface area (Å²) in [5, 5.41) is 0. The molecule has 5 nitrogen and oxygen atoms in total. The molecule has 0 aromatic heterocycles. The minimum absolute atomic E-state index is 0.101. The van der Waals surface area contributed by atoms with Crippen LogP contribution in [0.1, 0.15) is 73.1 Å². The standard InChI is InChI=1S/C21H34O5/c1-13-7-8-19(3,4)18-15(11-14(2)22)25-21(17(13)18)10-9-20(5,26-21)12-16(23)24-6/h13,15,17-18H,7-12H2,1-6H3/t13-,15?,17?,18?,20?,21?/m1/s1. The maximum Gasteiger partial charge on any atom is 0.308 e. The predicted octanol–water partition coefficient (Wildman–Crippen LogP) is 3.88. The lowest BCUT2D eigenvalue weighted by atomic mass is 9.57. The number of ether oxygens (including phenoxy) is 3. The summed E-state index contributed by atoms with van der Waals surface area (Å²) in [6.45, 7) is 10.5. The lowest BCUT2D eigenvalue weighted by Gasteiger charge is -2.47. The van der Waals surface area contributed by atoms with Crippen molar-refractivity contribution in [1.29, 1.82) is 0 Å². The van der Waals surface area contributed by atoms with Crippen LogP contribution in [-0.2, 0) is 23.8 Å². The van der Waals surface area contributed by atoms with Crippen molar-refractivity contribution >= 4 is 11.8 Å². The van der Waals surface area contributed by atoms with Crippen LogP contribution in [0.25, 0.3) is 0 Å². The van der Waals surface area contributed by atoms with E-state index in [1.807, 2.05) is 6.92 Å². The number of hydrogen-bond acceptors (Lipinski definition) is 5. The van der Waals surface area contributed by atoms with Gasteiger partial charge in [-0.25, -0.2) is 0 Å². The highest BCUT2D eigenvalue weighted by atomic mass is 16.7. The summed E-state index contributed by atoms with van der Waals surface area (Å²) in [4.78, 5) is 23.7. The Labute approximate surface area is 157 Å². The first-order valence-electron chi connectivity index (χ1n) is 9.96. The SMILES string of the molecule is COC(=O)CC1(C)CCC2(OC(CC(C)=O)C3C2[C@H](C)CCC3(C)C)O1. The van der Waals surface area contributed by atoms with Crippen molar-refractivity contribution in [2.24, 2.45) is 23.2 Å². The molecule has 3 aliphatic rings. The highest BCUT2D eigenvalue weighted by Gasteiger charge is 2.66. The molecule has 2 saturated heterocycles. The van der Waals surface area contributed by atoms with Crippen LogP contribution in [0.3, 0.4) is 0 Å². The van der Waals surface area contributed by atoms with Gasteiger partial charge in [0, 0.05) is 18.8 Å². The molecule has 6 atom stereocenters. The molecule has 148 valence electrons. The predicted molar refractivity (Wildman–Crippen MR) is 97.4 cm³/mol. The van der Waals surface area contributed by atoms with Crippen molar-refractivity contribution in [2.75, 3.05) is 7.11 Å². The van der Waals surface area contributed by atoms with Crippen LogP contribution in [0.5, 0.6) is 0 Å². The molecule has 2 heterocycles. The summed E-state index contributed by atoms with van der Waals surface area (Å²) in [7, 11) is 1.41. The minimum Gasteiger partial charge on any atom is -0.469 e. The van der Waals surface area contributed by atoms with Gasteiger partial charge in [-0.15, -0.1) is 0 Å². The van der Waals surface area contributed by atoms with Gasteiger partial charge >= 0.3 is 5.97 Å². The molecule has 0 N–H and O–H groups in total. The molecule has 0 radical (unpaired) electrons. The molecule has 1 spiro atoms. The molecule has 3 fully saturated rings. The summed E-state index contributed by atoms with van der Waals surface area (Å²) >= 11 is 0. The van der Waals surface area contributed by atoms with Gasteiger partial charge in [0.05, 0.1) is 25.2 Å². The van der Waals surface area contributed by atoms with Crippen LogP contribution >= 0.6 is 0 Å². The maximum atomic E-state index is 11.9. The third kappa shape index (κ3) is 3.33. The Bertz CT molecular complexity index is 585. The maximum absolute atomic E-state index is 11.9. The lowest BCUT2D eigenvalue weighted by molar-refractivity contribution is -0.262. The van der Waals surface area contributed by atoms with E-state index in [2.05, 4.69) is 20.8 Å². The topological polar surface area (TPSA) is 61.8 Å². The summed E-state index contributed by atoms with van der Waals surface area (Å²) in [5.41, 5.74) is -0.449. The number of rotatable bonds is 4. The average Bonchev–Trinajstić information content (AvgIpc) is 3.01. The number of hydrogen-bond donors (Lipinski definition) is 0. The average molecular weight is 366 g/mol. The Morgan fingerprint density at radius 2 is 1.81 bits per heavy atom. The molecule has 3 rings (SSSR count). The van der Waals surface area contributed by atoms with E-state index in [4.69, 9.17) is 14.2 Å². The van der Waals surface area contributed by atoms with Gasteiger partial charge in [-0.2, -0.15) is 0 Å². The van der Waals surface area contributed by atoms with Gasteiger partial charge in [0.25, 0.3) is 0 Å². The first kappa shape index (κ1) is 19.8. The zero-order valence-corrected chi connectivity index (χ0v) is 17.1. The van der Waals surface area contributed by atoms with Crippen LogP contribution < -0.4 is 0 Å². The third-order valence-corrected chi connectivity index (χ3v) is 7.06. The molecule has 2 aliphatic heterocycles. The normalized spacial score (nSPS) is 44.1. The van der Waals surface area contributed by atoms with E-state index in [0.29, 0.717) is 18.3 Å². The van der Waals surface area contributed by atoms with E-state index >= 15 is 0 Å². The van der Waals surface area contributed by atoms with E-state index in [1.165, 1.54) is 7.11 Å². The van der Waals surface area contributed by atoms with E-state index in [-0.39, 0.29) is 35.6 Å². The molecule has 0 aromatic carbocycles. The second kappa shape index (κ2) is 6.59. The second-order valence-corrected chi connectivity index (χ2v) is 9.74. The van der Waals surface area contributed by atoms with Gasteiger partial charge in [0.2, 0.25) is 0 Å². The third-order valence-electron chi connectivity index (χ3n) is 7.06. The summed E-state index contributed by atoms with van der Waals surface area (Å²) in [5.74, 6) is 0.271. The fourth-order valence-corrected chi connectivity index (χ4v) is 5.86. The summed E-state index contributed by atoms with van der Waals surface area (Å²) < 4.78 is 18.0. The van der Waals surface area contributed by atoms with Crippen molar-refractivity contribution in [3.63, 3.8) is 0 Å². The monoisotopic (exact) mass is 366 g/mol. The zero-order chi connectivity index (χ0) is 19.3. The van der Waals surface area contributed by atoms with E-state index in [1.54, 1.807) is 6.92 Å². The number of carbonyl (C=O) groups excluding carboxylic acids is 2. The zero-order valence-electron chi connectivity index (χ0n) is 17.1. The molecule has 0 amide bonds. The van der Waals surface area contributed by atoms with Gasteiger partial charge in [-0.05, 0) is 50.4 Å². The number of Topliss-reactive ketones (excluding diaryl/α,β-unsaturated/α-hetero) is 1. The quantitative estimate of drug-likeness (QED) is 0.707. The van der Waals surface area contributed by atoms with Gasteiger partial charge in [-0.3, -0.25) is 9.59 Å². The van der Waals surface area contributed by atoms with E-state index < -0.39 is 11.4 Å². The summed E-state index contributed by atoms with van der Waals surface area (Å²) in [6, 6.07) is 0. The molecular weight excluding hydrogens is 332 g/mol. The van der Waals surface area contributed by atoms with Gasteiger partial charge in [-0.1, -0.05) is 20.8 Å². The van der Waals surface area contributed by atoms with E-state index in [0.717, 1.165) is 25.7 Å². The van der Waals surface area contributed by atoms with Gasteiger partial charge < -0.3 is 14.2 Å². The van der Waals surface area contributed by atoms with Crippen LogP contribution in [-0.4, -0.2) is 36.4 Å². The Balaban J connectivity index is 1.92. The van der Waals surface area contributed by atoms with Crippen LogP contribution in [0, 0.1) is 23.2 Å². The largest absolute Gasteiger partial charge is 0.469 e. The van der Waals surface area contributed by atoms with Crippen LogP contribution in [0.2, 0.25) is 0 Å². The molecule has 1 saturated carbocycles. The Morgan fingerprint density at radius 1 is 1.12 bits per heavy atom. The molecule has 5 heteroatoms. The van der Waals surface area contributed by atoms with Crippen molar-refractivity contribution in [3.8, 4) is 0 Å². The summed E-state index contributed by atoms with van der Waals surface area (Å²) in [6.07, 6.45) is 4.40. The Kier molecular flexibility index (Phi) is 5.02. The van der Waals surface area contributed by atoms with Crippen LogP contribution in [0.15, 0.2) is 0 Å². The lowest BCUT2D eigenvalue weighted by Crippen LogP contribution is -2.48. The number of ketones is 1. The van der Waals surface area contributed by atoms with Crippen molar-refractivity contribution < 1.29 is 23.8 Å². The number of fused-ring (bicyclic) bond motifs is 2. The first-order chi connectivity index (χ1) is 12.0. The first-order valence-corrected chi connectivity index (χ1v) is 9.96. The fourth-order valence-electron chi connectivity index (χ4n) is 5.86. The highest BCUT2D eigenvalue weighted by molar-refractivity contribution is 5.76. The van der Waals surface area contributed by atoms with E-state index in [9.17, 15) is 9.59 Å². The Morgan fingerprint density at radius 3 is 2.42 bits per heavy atom. The Hall–Kier alpha value is -0.940. The van der Waals surface area contributed by atoms with Gasteiger partial charge in [0.1, 0.15) is 5.78 Å². The molecule has 5 unspecified atom stereocenters. The number of carbonyl (C=O) groups is 2. The molecule has 26 heavy (non-hydrogen) atoms. The number of esters is 1. The molecular formula is C21H34O5. The molecule has 1 aliphatic carbocycles. The van der Waals surface area contributed by atoms with Crippen molar-refractivity contribution in [3.05, 3.63) is 0 Å². The van der Waals surface area contributed by atoms with Crippen molar-refractivity contribution in [2.45, 2.75) is 90.6 Å². The molecule has 0 bridgehead atoms.